The average Bonchev–Trinajstić information content (AvgIpc) is 2.84. The van der Waals surface area contributed by atoms with Crippen molar-refractivity contribution in [3.8, 4) is 5.75 Å². The number of carboxylic acid groups (broad SMARTS) is 1. The number of amides is 3. The number of hydrogen-bond donors (Lipinski definition) is 7. The van der Waals surface area contributed by atoms with Gasteiger partial charge in [-0.1, -0.05) is 42.5 Å². The van der Waals surface area contributed by atoms with Gasteiger partial charge in [-0.15, -0.1) is 0 Å². The van der Waals surface area contributed by atoms with Gasteiger partial charge in [0.25, 0.3) is 0 Å². The van der Waals surface area contributed by atoms with Gasteiger partial charge in [0.15, 0.2) is 0 Å². The van der Waals surface area contributed by atoms with E-state index in [1.54, 1.807) is 42.5 Å². The van der Waals surface area contributed by atoms with E-state index in [0.29, 0.717) is 5.56 Å². The highest BCUT2D eigenvalue weighted by Gasteiger charge is 2.29. The Bertz CT molecular complexity index is 1010. The number of nitrogens with two attached hydrogens (primary N) is 1. The van der Waals surface area contributed by atoms with Gasteiger partial charge in [-0.25, -0.2) is 0 Å². The van der Waals surface area contributed by atoms with Gasteiger partial charge in [-0.05, 0) is 30.2 Å². The molecule has 3 amide bonds. The van der Waals surface area contributed by atoms with Gasteiger partial charge in [-0.3, -0.25) is 19.2 Å². The molecule has 2 rings (SSSR count). The monoisotopic (exact) mass is 486 g/mol. The third kappa shape index (κ3) is 8.72. The van der Waals surface area contributed by atoms with Crippen LogP contribution in [0.3, 0.4) is 0 Å². The summed E-state index contributed by atoms with van der Waals surface area (Å²) < 4.78 is 0. The summed E-state index contributed by atoms with van der Waals surface area (Å²) in [5.41, 5.74) is 6.89. The van der Waals surface area contributed by atoms with E-state index in [2.05, 4.69) is 16.0 Å². The van der Waals surface area contributed by atoms with Gasteiger partial charge in [0, 0.05) is 12.8 Å². The van der Waals surface area contributed by atoms with Crippen LogP contribution in [0.4, 0.5) is 0 Å². The Morgan fingerprint density at radius 1 is 0.800 bits per heavy atom. The molecule has 188 valence electrons. The topological polar surface area (TPSA) is 191 Å². The predicted molar refractivity (Wildman–Crippen MR) is 126 cm³/mol. The molecule has 0 aromatic heterocycles. The zero-order chi connectivity index (χ0) is 26.0. The molecule has 0 heterocycles. The second-order valence-electron chi connectivity index (χ2n) is 8.04. The largest absolute Gasteiger partial charge is 0.508 e. The smallest absolute Gasteiger partial charge is 0.325 e. The van der Waals surface area contributed by atoms with Crippen LogP contribution in [0.5, 0.6) is 5.75 Å². The highest BCUT2D eigenvalue weighted by molar-refractivity contribution is 5.94. The number of aliphatic hydroxyl groups is 1. The van der Waals surface area contributed by atoms with Crippen LogP contribution in [-0.4, -0.2) is 69.8 Å². The van der Waals surface area contributed by atoms with Crippen molar-refractivity contribution >= 4 is 23.7 Å². The molecular weight excluding hydrogens is 456 g/mol. The molecule has 0 bridgehead atoms. The Kier molecular flexibility index (Phi) is 10.2. The maximum atomic E-state index is 13.2. The molecule has 8 N–H and O–H groups in total. The fourth-order valence-electron chi connectivity index (χ4n) is 3.15. The maximum absolute atomic E-state index is 13.2. The summed E-state index contributed by atoms with van der Waals surface area (Å²) in [7, 11) is 0. The number of carboxylic acids is 1. The minimum atomic E-state index is -1.26. The van der Waals surface area contributed by atoms with Crippen molar-refractivity contribution in [1.82, 2.24) is 16.0 Å². The highest BCUT2D eigenvalue weighted by atomic mass is 16.4. The molecule has 0 radical (unpaired) electrons. The molecule has 35 heavy (non-hydrogen) atoms. The van der Waals surface area contributed by atoms with Crippen molar-refractivity contribution in [2.24, 2.45) is 5.73 Å². The van der Waals surface area contributed by atoms with E-state index in [-0.39, 0.29) is 18.6 Å². The number of phenols is 1. The molecular formula is C24H30N4O7. The van der Waals surface area contributed by atoms with E-state index < -0.39 is 54.5 Å². The lowest BCUT2D eigenvalue weighted by atomic mass is 10.0. The molecule has 11 heteroatoms. The van der Waals surface area contributed by atoms with E-state index in [1.807, 2.05) is 0 Å². The Labute approximate surface area is 202 Å². The fraction of sp³-hybridized carbons (Fsp3) is 0.333. The lowest BCUT2D eigenvalue weighted by Crippen LogP contribution is -2.58. The van der Waals surface area contributed by atoms with Gasteiger partial charge < -0.3 is 37.0 Å². The molecule has 2 aromatic carbocycles. The molecule has 0 saturated heterocycles. The normalized spacial score (nSPS) is 14.1. The van der Waals surface area contributed by atoms with Gasteiger partial charge >= 0.3 is 5.97 Å². The number of aliphatic carboxylic acids is 1. The van der Waals surface area contributed by atoms with Crippen LogP contribution < -0.4 is 21.7 Å². The number of rotatable bonds is 12. The van der Waals surface area contributed by atoms with Crippen molar-refractivity contribution < 1.29 is 34.5 Å². The number of carbonyl (C=O) groups excluding carboxylic acids is 3. The Balaban J connectivity index is 2.27. The zero-order valence-corrected chi connectivity index (χ0v) is 19.2. The Hall–Kier alpha value is -3.96. The van der Waals surface area contributed by atoms with E-state index in [0.717, 1.165) is 5.56 Å². The van der Waals surface area contributed by atoms with Crippen LogP contribution in [0.2, 0.25) is 0 Å². The van der Waals surface area contributed by atoms with Crippen LogP contribution in [0, 0.1) is 0 Å². The third-order valence-corrected chi connectivity index (χ3v) is 5.19. The van der Waals surface area contributed by atoms with Crippen LogP contribution in [-0.2, 0) is 32.0 Å². The van der Waals surface area contributed by atoms with E-state index in [4.69, 9.17) is 10.8 Å². The number of benzene rings is 2. The number of hydrogen-bond acceptors (Lipinski definition) is 7. The first kappa shape index (κ1) is 27.3. The average molecular weight is 487 g/mol. The van der Waals surface area contributed by atoms with Crippen molar-refractivity contribution in [3.63, 3.8) is 0 Å². The maximum Gasteiger partial charge on any atom is 0.325 e. The number of aromatic hydroxyl groups is 1. The zero-order valence-electron chi connectivity index (χ0n) is 19.2. The predicted octanol–water partition coefficient (Wildman–Crippen LogP) is -0.944. The molecule has 2 aromatic rings. The number of phenolic OH excluding ortho intramolecular Hbond substituents is 1. The summed E-state index contributed by atoms with van der Waals surface area (Å²) in [6.45, 7) is 0.664. The molecule has 0 spiro atoms. The molecule has 0 aliphatic rings. The summed E-state index contributed by atoms with van der Waals surface area (Å²) in [6, 6.07) is 10.0. The molecule has 4 atom stereocenters. The first-order valence-electron chi connectivity index (χ1n) is 10.9. The van der Waals surface area contributed by atoms with Crippen molar-refractivity contribution in [2.75, 3.05) is 6.61 Å². The first-order valence-corrected chi connectivity index (χ1v) is 10.9. The Morgan fingerprint density at radius 3 is 1.80 bits per heavy atom. The SMILES string of the molecule is CC(NC(=O)C(Cc1ccccc1)NC(=O)C(Cc1ccc(O)cc1)NC(=O)C(N)CO)C(=O)O. The third-order valence-electron chi connectivity index (χ3n) is 5.19. The summed E-state index contributed by atoms with van der Waals surface area (Å²) in [5.74, 6) is -3.41. The summed E-state index contributed by atoms with van der Waals surface area (Å²) >= 11 is 0. The first-order chi connectivity index (χ1) is 16.6. The summed E-state index contributed by atoms with van der Waals surface area (Å²) in [6.07, 6.45) is 0.0714. The standard InChI is InChI=1S/C24H30N4O7/c1-14(24(34)35)26-22(32)19(11-15-5-3-2-4-6-15)28-23(33)20(27-21(31)18(25)13-29)12-16-7-9-17(30)10-8-16/h2-10,14,18-20,29-30H,11-13,25H2,1H3,(H,26,32)(H,27,31)(H,28,33)(H,34,35). The number of carbonyl (C=O) groups is 4. The summed E-state index contributed by atoms with van der Waals surface area (Å²) in [4.78, 5) is 49.5. The lowest BCUT2D eigenvalue weighted by molar-refractivity contribution is -0.141. The second-order valence-corrected chi connectivity index (χ2v) is 8.04. The Morgan fingerprint density at radius 2 is 1.29 bits per heavy atom. The van der Waals surface area contributed by atoms with E-state index in [1.165, 1.54) is 19.1 Å². The highest BCUT2D eigenvalue weighted by Crippen LogP contribution is 2.12. The van der Waals surface area contributed by atoms with E-state index >= 15 is 0 Å². The molecule has 0 saturated carbocycles. The van der Waals surface area contributed by atoms with Crippen LogP contribution >= 0.6 is 0 Å². The van der Waals surface area contributed by atoms with Gasteiger partial charge in [0.05, 0.1) is 6.61 Å². The quantitative estimate of drug-likeness (QED) is 0.200. The van der Waals surface area contributed by atoms with Crippen LogP contribution in [0.1, 0.15) is 18.1 Å². The fourth-order valence-corrected chi connectivity index (χ4v) is 3.15. The number of nitrogens with one attached hydrogen (secondary N) is 3. The van der Waals surface area contributed by atoms with Crippen molar-refractivity contribution in [3.05, 3.63) is 65.7 Å². The second kappa shape index (κ2) is 13.1. The van der Waals surface area contributed by atoms with Crippen molar-refractivity contribution in [2.45, 2.75) is 43.9 Å². The van der Waals surface area contributed by atoms with Gasteiger partial charge in [0.2, 0.25) is 17.7 Å². The van der Waals surface area contributed by atoms with Gasteiger partial charge in [0.1, 0.15) is 29.9 Å². The minimum Gasteiger partial charge on any atom is -0.508 e. The minimum absolute atomic E-state index is 0.00120. The van der Waals surface area contributed by atoms with E-state index in [9.17, 15) is 29.4 Å². The van der Waals surface area contributed by atoms with Crippen LogP contribution in [0.25, 0.3) is 0 Å². The van der Waals surface area contributed by atoms with Gasteiger partial charge in [-0.2, -0.15) is 0 Å². The summed E-state index contributed by atoms with van der Waals surface area (Å²) in [5, 5.41) is 35.2. The molecule has 0 aliphatic heterocycles. The molecule has 4 unspecified atom stereocenters. The lowest BCUT2D eigenvalue weighted by Gasteiger charge is -2.25. The molecule has 0 aliphatic carbocycles. The molecule has 11 nitrogen and oxygen atoms in total. The van der Waals surface area contributed by atoms with Crippen LogP contribution in [0.15, 0.2) is 54.6 Å². The molecule has 0 fully saturated rings. The number of aliphatic hydroxyl groups excluding tert-OH is 1. The van der Waals surface area contributed by atoms with Crippen molar-refractivity contribution in [1.29, 1.82) is 0 Å².